The number of carbonyl (C=O) groups excluding carboxylic acids is 1. The van der Waals surface area contributed by atoms with Gasteiger partial charge in [0.1, 0.15) is 17.7 Å². The highest BCUT2D eigenvalue weighted by atomic mass is 35.5. The Morgan fingerprint density at radius 3 is 2.50 bits per heavy atom. The third-order valence-electron chi connectivity index (χ3n) is 2.77. The van der Waals surface area contributed by atoms with Gasteiger partial charge in [-0.3, -0.25) is 4.79 Å². The van der Waals surface area contributed by atoms with Crippen LogP contribution in [0, 0.1) is 22.7 Å². The van der Waals surface area contributed by atoms with Gasteiger partial charge in [0.2, 0.25) is 0 Å². The molecule has 0 atom stereocenters. The molecule has 0 heterocycles. The second kappa shape index (κ2) is 4.49. The Balaban J connectivity index is 2.89. The molecule has 0 aliphatic heterocycles. The van der Waals surface area contributed by atoms with E-state index in [2.05, 4.69) is 0 Å². The fraction of sp³-hybridized carbons (Fsp3) is 0.0714. The van der Waals surface area contributed by atoms with Crippen LogP contribution in [-0.4, -0.2) is 5.78 Å². The number of nitriles is 2. The summed E-state index contributed by atoms with van der Waals surface area (Å²) in [5, 5.41) is 18.4. The minimum Gasteiger partial charge on any atom is -0.289 e. The fourth-order valence-electron chi connectivity index (χ4n) is 2.01. The van der Waals surface area contributed by atoms with Crippen molar-refractivity contribution in [1.82, 2.24) is 0 Å². The molecule has 0 amide bonds. The first kappa shape index (κ1) is 12.1. The Labute approximate surface area is 109 Å². The standard InChI is InChI=1S/C14H7ClN2O/c1-2-10-13(8(6-16)7-17)12-5-9(15)3-4-11(12)14(10)18/h2-5H,1H3/b10-2-. The molecule has 0 radical (unpaired) electrons. The molecular weight excluding hydrogens is 248 g/mol. The van der Waals surface area contributed by atoms with Gasteiger partial charge in [-0.2, -0.15) is 10.5 Å². The van der Waals surface area contributed by atoms with E-state index < -0.39 is 0 Å². The first-order valence-electron chi connectivity index (χ1n) is 5.19. The summed E-state index contributed by atoms with van der Waals surface area (Å²) in [5.41, 5.74) is 1.72. The number of fused-ring (bicyclic) bond motifs is 1. The van der Waals surface area contributed by atoms with E-state index in [-0.39, 0.29) is 11.4 Å². The molecule has 0 unspecified atom stereocenters. The lowest BCUT2D eigenvalue weighted by atomic mass is 10.00. The number of ketones is 1. The van der Waals surface area contributed by atoms with Crippen LogP contribution in [0.1, 0.15) is 22.8 Å². The van der Waals surface area contributed by atoms with Gasteiger partial charge in [0.25, 0.3) is 0 Å². The van der Waals surface area contributed by atoms with Crippen molar-refractivity contribution in [3.05, 3.63) is 51.6 Å². The average molecular weight is 255 g/mol. The average Bonchev–Trinajstić information content (AvgIpc) is 2.64. The summed E-state index contributed by atoms with van der Waals surface area (Å²) >= 11 is 5.90. The molecule has 2 rings (SSSR count). The fourth-order valence-corrected chi connectivity index (χ4v) is 2.18. The highest BCUT2D eigenvalue weighted by molar-refractivity contribution is 6.33. The van der Waals surface area contributed by atoms with Gasteiger partial charge in [0.05, 0.1) is 0 Å². The van der Waals surface area contributed by atoms with E-state index in [0.717, 1.165) is 0 Å². The summed E-state index contributed by atoms with van der Waals surface area (Å²) in [6.07, 6.45) is 1.61. The Kier molecular flexibility index (Phi) is 3.02. The van der Waals surface area contributed by atoms with E-state index in [9.17, 15) is 4.79 Å². The van der Waals surface area contributed by atoms with Crippen molar-refractivity contribution >= 4 is 23.0 Å². The molecule has 0 aromatic heterocycles. The quantitative estimate of drug-likeness (QED) is 0.527. The van der Waals surface area contributed by atoms with Crippen LogP contribution in [0.5, 0.6) is 0 Å². The second-order valence-electron chi connectivity index (χ2n) is 3.69. The van der Waals surface area contributed by atoms with E-state index in [4.69, 9.17) is 22.1 Å². The number of benzene rings is 1. The number of hydrogen-bond donors (Lipinski definition) is 0. The summed E-state index contributed by atoms with van der Waals surface area (Å²) in [6, 6.07) is 8.48. The molecule has 0 saturated heterocycles. The summed E-state index contributed by atoms with van der Waals surface area (Å²) < 4.78 is 0. The Hall–Kier alpha value is -2.36. The Morgan fingerprint density at radius 2 is 1.94 bits per heavy atom. The number of halogens is 1. The molecule has 1 aromatic rings. The van der Waals surface area contributed by atoms with Crippen molar-refractivity contribution in [3.63, 3.8) is 0 Å². The first-order valence-corrected chi connectivity index (χ1v) is 5.57. The molecule has 1 aromatic carbocycles. The lowest BCUT2D eigenvalue weighted by Gasteiger charge is -2.01. The molecule has 18 heavy (non-hydrogen) atoms. The maximum Gasteiger partial charge on any atom is 0.194 e. The van der Waals surface area contributed by atoms with Crippen LogP contribution in [0.25, 0.3) is 5.57 Å². The molecular formula is C14H7ClN2O. The van der Waals surface area contributed by atoms with Crippen LogP contribution in [0.15, 0.2) is 35.4 Å². The summed E-state index contributed by atoms with van der Waals surface area (Å²) in [4.78, 5) is 12.1. The number of carbonyl (C=O) groups is 1. The van der Waals surface area contributed by atoms with Gasteiger partial charge in [0.15, 0.2) is 5.78 Å². The summed E-state index contributed by atoms with van der Waals surface area (Å²) in [5.74, 6) is -0.179. The van der Waals surface area contributed by atoms with E-state index in [0.29, 0.717) is 27.3 Å². The van der Waals surface area contributed by atoms with Crippen LogP contribution in [0.4, 0.5) is 0 Å². The van der Waals surface area contributed by atoms with Crippen LogP contribution in [0.3, 0.4) is 0 Å². The molecule has 0 spiro atoms. The smallest absolute Gasteiger partial charge is 0.194 e. The van der Waals surface area contributed by atoms with E-state index >= 15 is 0 Å². The normalized spacial score (nSPS) is 15.2. The van der Waals surface area contributed by atoms with Gasteiger partial charge < -0.3 is 0 Å². The second-order valence-corrected chi connectivity index (χ2v) is 4.13. The van der Waals surface area contributed by atoms with Gasteiger partial charge in [-0.25, -0.2) is 0 Å². The van der Waals surface area contributed by atoms with Crippen LogP contribution in [-0.2, 0) is 0 Å². The zero-order valence-electron chi connectivity index (χ0n) is 9.49. The Bertz CT molecular complexity index is 683. The van der Waals surface area contributed by atoms with E-state index in [1.807, 2.05) is 12.1 Å². The third-order valence-corrected chi connectivity index (χ3v) is 3.01. The zero-order valence-corrected chi connectivity index (χ0v) is 10.2. The van der Waals surface area contributed by atoms with Crippen molar-refractivity contribution in [2.45, 2.75) is 6.92 Å². The number of Topliss-reactive ketones (excluding diaryl/α,β-unsaturated/α-hetero) is 1. The molecule has 1 aliphatic rings. The molecule has 0 N–H and O–H groups in total. The molecule has 3 nitrogen and oxygen atoms in total. The summed E-state index contributed by atoms with van der Waals surface area (Å²) in [7, 11) is 0. The molecule has 0 bridgehead atoms. The van der Waals surface area contributed by atoms with Gasteiger partial charge in [-0.15, -0.1) is 0 Å². The maximum atomic E-state index is 12.1. The predicted molar refractivity (Wildman–Crippen MR) is 67.7 cm³/mol. The van der Waals surface area contributed by atoms with Crippen molar-refractivity contribution in [3.8, 4) is 12.1 Å². The number of hydrogen-bond acceptors (Lipinski definition) is 3. The van der Waals surface area contributed by atoms with Gasteiger partial charge in [-0.1, -0.05) is 17.7 Å². The number of allylic oxidation sites excluding steroid dienone is 4. The SMILES string of the molecule is C/C=C1\C(=O)c2ccc(Cl)cc2C1=C(C#N)C#N. The zero-order chi connectivity index (χ0) is 13.3. The maximum absolute atomic E-state index is 12.1. The lowest BCUT2D eigenvalue weighted by Crippen LogP contribution is -1.94. The topological polar surface area (TPSA) is 64.7 Å². The van der Waals surface area contributed by atoms with Gasteiger partial charge in [-0.05, 0) is 30.7 Å². The summed E-state index contributed by atoms with van der Waals surface area (Å²) in [6.45, 7) is 1.70. The Morgan fingerprint density at radius 1 is 1.28 bits per heavy atom. The number of nitrogens with zero attached hydrogens (tertiary/aromatic N) is 2. The molecule has 0 fully saturated rings. The van der Waals surface area contributed by atoms with E-state index in [1.54, 1.807) is 31.2 Å². The first-order chi connectivity index (χ1) is 8.63. The number of rotatable bonds is 0. The van der Waals surface area contributed by atoms with Crippen molar-refractivity contribution in [2.24, 2.45) is 0 Å². The predicted octanol–water partition coefficient (Wildman–Crippen LogP) is 3.28. The van der Waals surface area contributed by atoms with Gasteiger partial charge >= 0.3 is 0 Å². The molecule has 86 valence electrons. The lowest BCUT2D eigenvalue weighted by molar-refractivity contribution is 0.104. The van der Waals surface area contributed by atoms with Crippen LogP contribution >= 0.6 is 11.6 Å². The molecule has 4 heteroatoms. The minimum absolute atomic E-state index is 0.0718. The monoisotopic (exact) mass is 254 g/mol. The highest BCUT2D eigenvalue weighted by Crippen LogP contribution is 2.39. The largest absolute Gasteiger partial charge is 0.289 e. The molecule has 1 aliphatic carbocycles. The highest BCUT2D eigenvalue weighted by Gasteiger charge is 2.31. The van der Waals surface area contributed by atoms with Gasteiger partial charge in [0, 0.05) is 21.7 Å². The van der Waals surface area contributed by atoms with Crippen molar-refractivity contribution in [2.75, 3.05) is 0 Å². The third kappa shape index (κ3) is 1.62. The minimum atomic E-state index is -0.179. The van der Waals surface area contributed by atoms with Crippen molar-refractivity contribution < 1.29 is 4.79 Å². The van der Waals surface area contributed by atoms with E-state index in [1.165, 1.54) is 0 Å². The van der Waals surface area contributed by atoms with Crippen LogP contribution in [0.2, 0.25) is 5.02 Å². The van der Waals surface area contributed by atoms with Crippen molar-refractivity contribution in [1.29, 1.82) is 10.5 Å². The van der Waals surface area contributed by atoms with Crippen LogP contribution < -0.4 is 0 Å². The molecule has 0 saturated carbocycles.